The van der Waals surface area contributed by atoms with Gasteiger partial charge in [-0.15, -0.1) is 0 Å². The van der Waals surface area contributed by atoms with E-state index in [1.165, 1.54) is 12.8 Å². The van der Waals surface area contributed by atoms with Crippen molar-refractivity contribution in [3.05, 3.63) is 0 Å². The minimum atomic E-state index is 0.291. The molecular formula is C11H19NO. The molecule has 2 nitrogen and oxygen atoms in total. The molecule has 2 heteroatoms. The molecule has 2 unspecified atom stereocenters. The number of carbonyl (C=O) groups excluding carboxylic acids is 1. The van der Waals surface area contributed by atoms with Crippen LogP contribution in [-0.4, -0.2) is 23.4 Å². The zero-order valence-corrected chi connectivity index (χ0v) is 8.84. The fourth-order valence-corrected chi connectivity index (χ4v) is 2.35. The second kappa shape index (κ2) is 2.73. The third kappa shape index (κ3) is 1.47. The minimum Gasteiger partial charge on any atom is -0.340 e. The SMILES string of the molecule is CC1CCCN1C(=O)C1CC1(C)C. The molecule has 0 bridgehead atoms. The van der Waals surface area contributed by atoms with Crippen molar-refractivity contribution in [3.63, 3.8) is 0 Å². The van der Waals surface area contributed by atoms with Crippen molar-refractivity contribution in [1.29, 1.82) is 0 Å². The summed E-state index contributed by atoms with van der Waals surface area (Å²) in [5.41, 5.74) is 0.291. The molecule has 13 heavy (non-hydrogen) atoms. The van der Waals surface area contributed by atoms with Crippen LogP contribution < -0.4 is 0 Å². The lowest BCUT2D eigenvalue weighted by Gasteiger charge is -2.22. The van der Waals surface area contributed by atoms with Gasteiger partial charge in [0.2, 0.25) is 5.91 Å². The molecule has 0 spiro atoms. The predicted molar refractivity (Wildman–Crippen MR) is 52.3 cm³/mol. The molecule has 2 rings (SSSR count). The Bertz CT molecular complexity index is 234. The summed E-state index contributed by atoms with van der Waals surface area (Å²) in [5.74, 6) is 0.739. The van der Waals surface area contributed by atoms with E-state index >= 15 is 0 Å². The largest absolute Gasteiger partial charge is 0.340 e. The molecule has 1 saturated carbocycles. The maximum absolute atomic E-state index is 12.0. The number of likely N-dealkylation sites (tertiary alicyclic amines) is 1. The van der Waals surface area contributed by atoms with Gasteiger partial charge in [0, 0.05) is 18.5 Å². The van der Waals surface area contributed by atoms with Crippen LogP contribution in [0.1, 0.15) is 40.0 Å². The molecule has 0 aromatic carbocycles. The monoisotopic (exact) mass is 181 g/mol. The Morgan fingerprint density at radius 2 is 2.08 bits per heavy atom. The van der Waals surface area contributed by atoms with Gasteiger partial charge in [0.05, 0.1) is 0 Å². The van der Waals surface area contributed by atoms with Crippen molar-refractivity contribution < 1.29 is 4.79 Å². The van der Waals surface area contributed by atoms with Crippen molar-refractivity contribution >= 4 is 5.91 Å². The second-order valence-corrected chi connectivity index (χ2v) is 5.27. The lowest BCUT2D eigenvalue weighted by molar-refractivity contribution is -0.133. The summed E-state index contributed by atoms with van der Waals surface area (Å²) < 4.78 is 0. The molecule has 74 valence electrons. The van der Waals surface area contributed by atoms with Crippen LogP contribution in [0.15, 0.2) is 0 Å². The predicted octanol–water partition coefficient (Wildman–Crippen LogP) is 2.04. The highest BCUT2D eigenvalue weighted by molar-refractivity contribution is 5.83. The van der Waals surface area contributed by atoms with Gasteiger partial charge in [0.25, 0.3) is 0 Å². The van der Waals surface area contributed by atoms with Crippen molar-refractivity contribution in [2.24, 2.45) is 11.3 Å². The summed E-state index contributed by atoms with van der Waals surface area (Å²) in [6.45, 7) is 7.54. The highest BCUT2D eigenvalue weighted by atomic mass is 16.2. The van der Waals surface area contributed by atoms with E-state index in [9.17, 15) is 4.79 Å². The molecule has 0 N–H and O–H groups in total. The zero-order valence-electron chi connectivity index (χ0n) is 8.84. The molecule has 1 aliphatic heterocycles. The Kier molecular flexibility index (Phi) is 1.90. The average molecular weight is 181 g/mol. The number of amides is 1. The van der Waals surface area contributed by atoms with Crippen LogP contribution in [0.5, 0.6) is 0 Å². The standard InChI is InChI=1S/C11H19NO/c1-8-5-4-6-12(8)10(13)9-7-11(9,2)3/h8-9H,4-7H2,1-3H3. The third-order valence-corrected chi connectivity index (χ3v) is 3.65. The molecule has 2 aliphatic rings. The molecular weight excluding hydrogens is 162 g/mol. The van der Waals surface area contributed by atoms with E-state index in [1.54, 1.807) is 0 Å². The van der Waals surface area contributed by atoms with E-state index in [1.807, 2.05) is 0 Å². The smallest absolute Gasteiger partial charge is 0.226 e. The van der Waals surface area contributed by atoms with Crippen molar-refractivity contribution in [2.75, 3.05) is 6.54 Å². The van der Waals surface area contributed by atoms with Crippen LogP contribution in [0.25, 0.3) is 0 Å². The molecule has 1 saturated heterocycles. The van der Waals surface area contributed by atoms with Gasteiger partial charge >= 0.3 is 0 Å². The number of hydrogen-bond acceptors (Lipinski definition) is 1. The van der Waals surface area contributed by atoms with Crippen LogP contribution in [0.2, 0.25) is 0 Å². The van der Waals surface area contributed by atoms with Crippen molar-refractivity contribution in [2.45, 2.75) is 46.1 Å². The van der Waals surface area contributed by atoms with E-state index < -0.39 is 0 Å². The fraction of sp³-hybridized carbons (Fsp3) is 0.909. The Morgan fingerprint density at radius 1 is 1.46 bits per heavy atom. The van der Waals surface area contributed by atoms with Gasteiger partial charge in [-0.05, 0) is 31.6 Å². The molecule has 0 aromatic heterocycles. The zero-order chi connectivity index (χ0) is 9.64. The summed E-state index contributed by atoms with van der Waals surface area (Å²) in [7, 11) is 0. The Morgan fingerprint density at radius 3 is 2.46 bits per heavy atom. The molecule has 1 amide bonds. The summed E-state index contributed by atoms with van der Waals surface area (Å²) >= 11 is 0. The lowest BCUT2D eigenvalue weighted by atomic mass is 10.1. The van der Waals surface area contributed by atoms with E-state index in [2.05, 4.69) is 25.7 Å². The summed E-state index contributed by atoms with van der Waals surface area (Å²) in [5, 5.41) is 0. The van der Waals surface area contributed by atoms with Crippen LogP contribution >= 0.6 is 0 Å². The van der Waals surface area contributed by atoms with Crippen LogP contribution in [0, 0.1) is 11.3 Å². The molecule has 1 heterocycles. The number of nitrogens with zero attached hydrogens (tertiary/aromatic N) is 1. The first-order valence-corrected chi connectivity index (χ1v) is 5.33. The summed E-state index contributed by atoms with van der Waals surface area (Å²) in [6.07, 6.45) is 3.48. The van der Waals surface area contributed by atoms with E-state index in [-0.39, 0.29) is 0 Å². The lowest BCUT2D eigenvalue weighted by Crippen LogP contribution is -2.35. The van der Waals surface area contributed by atoms with E-state index in [0.29, 0.717) is 23.3 Å². The molecule has 1 aliphatic carbocycles. The van der Waals surface area contributed by atoms with Crippen molar-refractivity contribution in [1.82, 2.24) is 4.90 Å². The first kappa shape index (κ1) is 9.04. The van der Waals surface area contributed by atoms with Gasteiger partial charge in [-0.1, -0.05) is 13.8 Å². The normalized spacial score (nSPS) is 36.4. The maximum atomic E-state index is 12.0. The number of rotatable bonds is 1. The highest BCUT2D eigenvalue weighted by Gasteiger charge is 2.52. The van der Waals surface area contributed by atoms with Crippen LogP contribution in [-0.2, 0) is 4.79 Å². The maximum Gasteiger partial charge on any atom is 0.226 e. The van der Waals surface area contributed by atoms with Gasteiger partial charge < -0.3 is 4.90 Å². The molecule has 0 radical (unpaired) electrons. The first-order chi connectivity index (χ1) is 6.02. The molecule has 2 fully saturated rings. The Labute approximate surface area is 80.3 Å². The highest BCUT2D eigenvalue weighted by Crippen LogP contribution is 2.52. The average Bonchev–Trinajstić information content (AvgIpc) is 2.49. The summed E-state index contributed by atoms with van der Waals surface area (Å²) in [6, 6.07) is 0.490. The molecule has 2 atom stereocenters. The topological polar surface area (TPSA) is 20.3 Å². The minimum absolute atomic E-state index is 0.291. The van der Waals surface area contributed by atoms with E-state index in [4.69, 9.17) is 0 Å². The molecule has 0 aromatic rings. The van der Waals surface area contributed by atoms with Crippen LogP contribution in [0.3, 0.4) is 0 Å². The van der Waals surface area contributed by atoms with Gasteiger partial charge in [0.15, 0.2) is 0 Å². The van der Waals surface area contributed by atoms with Crippen molar-refractivity contribution in [3.8, 4) is 0 Å². The van der Waals surface area contributed by atoms with Gasteiger partial charge in [-0.25, -0.2) is 0 Å². The van der Waals surface area contributed by atoms with Gasteiger partial charge in [0.1, 0.15) is 0 Å². The van der Waals surface area contributed by atoms with Gasteiger partial charge in [-0.3, -0.25) is 4.79 Å². The van der Waals surface area contributed by atoms with E-state index in [0.717, 1.165) is 13.0 Å². The van der Waals surface area contributed by atoms with Gasteiger partial charge in [-0.2, -0.15) is 0 Å². The number of carbonyl (C=O) groups is 1. The fourth-order valence-electron chi connectivity index (χ4n) is 2.35. The Hall–Kier alpha value is -0.530. The third-order valence-electron chi connectivity index (χ3n) is 3.65. The van der Waals surface area contributed by atoms with Crippen LogP contribution in [0.4, 0.5) is 0 Å². The Balaban J connectivity index is 1.98. The first-order valence-electron chi connectivity index (χ1n) is 5.33. The summed E-state index contributed by atoms with van der Waals surface area (Å²) in [4.78, 5) is 14.0. The quantitative estimate of drug-likeness (QED) is 0.606. The number of hydrogen-bond donors (Lipinski definition) is 0. The second-order valence-electron chi connectivity index (χ2n) is 5.27.